The maximum absolute atomic E-state index is 14.5. The van der Waals surface area contributed by atoms with Crippen LogP contribution in [0.1, 0.15) is 53.4 Å². The molecule has 10 nitrogen and oxygen atoms in total. The summed E-state index contributed by atoms with van der Waals surface area (Å²) in [5.74, 6) is -1.38. The molecule has 2 amide bonds. The highest BCUT2D eigenvalue weighted by molar-refractivity contribution is 6.10. The molecule has 3 unspecified atom stereocenters. The molecule has 3 atom stereocenters. The van der Waals surface area contributed by atoms with E-state index in [9.17, 15) is 19.7 Å². The zero-order valence-electron chi connectivity index (χ0n) is 20.2. The van der Waals surface area contributed by atoms with Gasteiger partial charge in [-0.05, 0) is 32.4 Å². The first kappa shape index (κ1) is 22.4. The molecule has 2 fully saturated rings. The fraction of sp³-hybridized carbons (Fsp3) is 0.346. The number of aromatic nitrogens is 1. The van der Waals surface area contributed by atoms with Crippen LogP contribution in [0.15, 0.2) is 53.1 Å². The molecule has 0 bridgehead atoms. The second-order valence-electron chi connectivity index (χ2n) is 9.52. The van der Waals surface area contributed by atoms with Crippen LogP contribution >= 0.6 is 0 Å². The number of fused-ring (bicyclic) bond motifs is 4. The lowest BCUT2D eigenvalue weighted by atomic mass is 9.72. The van der Waals surface area contributed by atoms with Gasteiger partial charge in [-0.25, -0.2) is 5.01 Å². The highest BCUT2D eigenvalue weighted by Crippen LogP contribution is 2.64. The Morgan fingerprint density at radius 3 is 2.56 bits per heavy atom. The maximum atomic E-state index is 14.5. The number of anilines is 1. The van der Waals surface area contributed by atoms with E-state index in [1.54, 1.807) is 9.91 Å². The molecular formula is C26H25N5O5. The van der Waals surface area contributed by atoms with Crippen LogP contribution in [0, 0.1) is 24.0 Å². The van der Waals surface area contributed by atoms with Crippen LogP contribution in [-0.2, 0) is 15.1 Å². The zero-order valence-corrected chi connectivity index (χ0v) is 20.2. The smallest absolute Gasteiger partial charge is 0.334 e. The average molecular weight is 488 g/mol. The topological polar surface area (TPSA) is 113 Å². The summed E-state index contributed by atoms with van der Waals surface area (Å²) in [6.07, 6.45) is 0.246. The number of hydrazine groups is 1. The predicted molar refractivity (Wildman–Crippen MR) is 129 cm³/mol. The van der Waals surface area contributed by atoms with Gasteiger partial charge < -0.3 is 9.42 Å². The minimum Gasteiger partial charge on any atom is -0.353 e. The number of nitrogens with zero attached hydrogens (tertiary/aromatic N) is 5. The third-order valence-electron chi connectivity index (χ3n) is 7.70. The van der Waals surface area contributed by atoms with E-state index in [2.05, 4.69) is 5.16 Å². The molecule has 2 saturated heterocycles. The van der Waals surface area contributed by atoms with Crippen LogP contribution in [0.3, 0.4) is 0 Å². The monoisotopic (exact) mass is 487 g/mol. The number of amides is 2. The number of carbonyl (C=O) groups excluding carboxylic acids is 2. The van der Waals surface area contributed by atoms with E-state index >= 15 is 0 Å². The van der Waals surface area contributed by atoms with Crippen LogP contribution in [0.2, 0.25) is 0 Å². The van der Waals surface area contributed by atoms with Crippen molar-refractivity contribution in [2.24, 2.45) is 0 Å². The normalized spacial score (nSPS) is 25.2. The van der Waals surface area contributed by atoms with E-state index in [0.717, 1.165) is 11.1 Å². The van der Waals surface area contributed by atoms with Gasteiger partial charge in [0, 0.05) is 30.8 Å². The van der Waals surface area contributed by atoms with Gasteiger partial charge >= 0.3 is 5.69 Å². The predicted octanol–water partition coefficient (Wildman–Crippen LogP) is 3.75. The van der Waals surface area contributed by atoms with Crippen LogP contribution in [-0.4, -0.2) is 45.0 Å². The van der Waals surface area contributed by atoms with E-state index in [0.29, 0.717) is 24.3 Å². The highest BCUT2D eigenvalue weighted by Gasteiger charge is 2.73. The summed E-state index contributed by atoms with van der Waals surface area (Å²) in [6.45, 7) is 6.14. The molecule has 3 aliphatic rings. The van der Waals surface area contributed by atoms with Crippen molar-refractivity contribution in [3.63, 3.8) is 0 Å². The molecule has 36 heavy (non-hydrogen) atoms. The molecule has 6 rings (SSSR count). The third kappa shape index (κ3) is 2.67. The van der Waals surface area contributed by atoms with Crippen molar-refractivity contribution in [3.8, 4) is 0 Å². The minimum absolute atomic E-state index is 0.00591. The van der Waals surface area contributed by atoms with Crippen LogP contribution in [0.25, 0.3) is 0 Å². The second-order valence-corrected chi connectivity index (χ2v) is 9.52. The molecule has 0 saturated carbocycles. The Balaban J connectivity index is 1.72. The summed E-state index contributed by atoms with van der Waals surface area (Å²) < 4.78 is 5.71. The largest absolute Gasteiger partial charge is 0.353 e. The zero-order chi connectivity index (χ0) is 25.4. The van der Waals surface area contributed by atoms with Crippen molar-refractivity contribution in [1.29, 1.82) is 0 Å². The minimum atomic E-state index is -1.54. The van der Waals surface area contributed by atoms with Gasteiger partial charge in [0.25, 0.3) is 5.91 Å². The average Bonchev–Trinajstić information content (AvgIpc) is 3.57. The summed E-state index contributed by atoms with van der Waals surface area (Å²) in [6, 6.07) is 14.6. The van der Waals surface area contributed by atoms with E-state index in [-0.39, 0.29) is 35.4 Å². The van der Waals surface area contributed by atoms with E-state index in [1.807, 2.05) is 67.4 Å². The number of hydrogen-bond acceptors (Lipinski definition) is 7. The molecule has 2 aromatic carbocycles. The molecule has 1 aromatic heterocycles. The van der Waals surface area contributed by atoms with E-state index < -0.39 is 22.4 Å². The quantitative estimate of drug-likeness (QED) is 0.407. The summed E-state index contributed by atoms with van der Waals surface area (Å²) in [4.78, 5) is 41.4. The first-order valence-electron chi connectivity index (χ1n) is 12.0. The van der Waals surface area contributed by atoms with Crippen LogP contribution < -0.4 is 4.90 Å². The fourth-order valence-electron chi connectivity index (χ4n) is 6.31. The van der Waals surface area contributed by atoms with Gasteiger partial charge in [-0.2, -0.15) is 0 Å². The highest BCUT2D eigenvalue weighted by atomic mass is 16.6. The number of hydrogen-bond donors (Lipinski definition) is 0. The van der Waals surface area contributed by atoms with Crippen molar-refractivity contribution in [2.45, 2.75) is 44.7 Å². The Morgan fingerprint density at radius 2 is 1.86 bits per heavy atom. The van der Waals surface area contributed by atoms with Crippen LogP contribution in [0.5, 0.6) is 0 Å². The SMILES string of the molecule is CCN1C(=O)C2(c3ccccc31)C(c1onc(C)c1[N+](=O)[O-])C(c1ccc(C)cc1)N1CCC(=O)N12. The first-order valence-corrected chi connectivity index (χ1v) is 12.0. The number of aryl methyl sites for hydroxylation is 2. The number of carbonyl (C=O) groups is 2. The van der Waals surface area contributed by atoms with Crippen molar-refractivity contribution >= 4 is 23.2 Å². The number of benzene rings is 2. The number of para-hydroxylation sites is 1. The number of nitro groups is 1. The van der Waals surface area contributed by atoms with Gasteiger partial charge in [0.05, 0.1) is 16.9 Å². The van der Waals surface area contributed by atoms with Crippen molar-refractivity contribution in [3.05, 3.63) is 86.8 Å². The molecule has 3 aromatic rings. The van der Waals surface area contributed by atoms with Gasteiger partial charge in [-0.3, -0.25) is 24.7 Å². The van der Waals surface area contributed by atoms with Gasteiger partial charge in [-0.1, -0.05) is 53.2 Å². The van der Waals surface area contributed by atoms with Crippen LogP contribution in [0.4, 0.5) is 11.4 Å². The van der Waals surface area contributed by atoms with Gasteiger partial charge in [0.2, 0.25) is 11.7 Å². The Bertz CT molecular complexity index is 1420. The fourth-order valence-corrected chi connectivity index (χ4v) is 6.31. The number of rotatable bonds is 4. The lowest BCUT2D eigenvalue weighted by molar-refractivity contribution is -0.386. The molecule has 3 aliphatic heterocycles. The maximum Gasteiger partial charge on any atom is 0.334 e. The molecule has 10 heteroatoms. The molecule has 0 N–H and O–H groups in total. The first-order chi connectivity index (χ1) is 17.3. The standard InChI is InChI=1S/C26H25N5O5/c1-4-28-19-8-6-5-7-18(19)26(25(28)33)21(24-22(31(34)35)16(3)27-36-24)23(17-11-9-15(2)10-12-17)29-14-13-20(32)30(26)29/h5-12,21,23H,4,13-14H2,1-3H3. The summed E-state index contributed by atoms with van der Waals surface area (Å²) >= 11 is 0. The summed E-state index contributed by atoms with van der Waals surface area (Å²) in [7, 11) is 0. The van der Waals surface area contributed by atoms with Gasteiger partial charge in [0.1, 0.15) is 0 Å². The summed E-state index contributed by atoms with van der Waals surface area (Å²) in [5.41, 5.74) is 1.56. The Morgan fingerprint density at radius 1 is 1.14 bits per heavy atom. The number of likely N-dealkylation sites (N-methyl/N-ethyl adjacent to an activating group) is 1. The third-order valence-corrected chi connectivity index (χ3v) is 7.70. The lowest BCUT2D eigenvalue weighted by Gasteiger charge is -2.35. The molecule has 1 spiro atoms. The Kier molecular flexibility index (Phi) is 4.81. The molecular weight excluding hydrogens is 462 g/mol. The Hall–Kier alpha value is -4.05. The van der Waals surface area contributed by atoms with E-state index in [4.69, 9.17) is 4.52 Å². The summed E-state index contributed by atoms with van der Waals surface area (Å²) in [5, 5.41) is 19.6. The van der Waals surface area contributed by atoms with Crippen molar-refractivity contribution in [2.75, 3.05) is 18.0 Å². The molecule has 184 valence electrons. The van der Waals surface area contributed by atoms with E-state index in [1.165, 1.54) is 6.92 Å². The molecule has 0 radical (unpaired) electrons. The van der Waals surface area contributed by atoms with Crippen molar-refractivity contribution < 1.29 is 19.0 Å². The van der Waals surface area contributed by atoms with Crippen molar-refractivity contribution in [1.82, 2.24) is 15.2 Å². The molecule has 4 heterocycles. The Labute approximate surface area is 207 Å². The van der Waals surface area contributed by atoms with Gasteiger partial charge in [0.15, 0.2) is 11.2 Å². The lowest BCUT2D eigenvalue weighted by Crippen LogP contribution is -2.54. The van der Waals surface area contributed by atoms with Gasteiger partial charge in [-0.15, -0.1) is 0 Å². The molecule has 0 aliphatic carbocycles. The second kappa shape index (κ2) is 7.72.